The number of carbonyl (C=O) groups is 4. The Morgan fingerprint density at radius 2 is 1.63 bits per heavy atom. The van der Waals surface area contributed by atoms with Gasteiger partial charge >= 0.3 is 6.09 Å². The van der Waals surface area contributed by atoms with Crippen molar-refractivity contribution >= 4 is 41.1 Å². The van der Waals surface area contributed by atoms with Crippen molar-refractivity contribution in [1.29, 1.82) is 0 Å². The van der Waals surface area contributed by atoms with Crippen LogP contribution >= 0.6 is 11.6 Å². The predicted molar refractivity (Wildman–Crippen MR) is 190 cm³/mol. The highest BCUT2D eigenvalue weighted by Gasteiger charge is 2.32. The van der Waals surface area contributed by atoms with E-state index in [0.29, 0.717) is 45.0 Å². The van der Waals surface area contributed by atoms with Gasteiger partial charge in [-0.1, -0.05) is 11.6 Å². The number of anilines is 1. The van der Waals surface area contributed by atoms with Crippen molar-refractivity contribution in [3.8, 4) is 17.0 Å². The monoisotopic (exact) mass is 743 g/mol. The first-order valence-electron chi connectivity index (χ1n) is 17.1. The molecule has 2 aliphatic heterocycles. The Labute approximate surface area is 306 Å². The second kappa shape index (κ2) is 16.3. The molecule has 1 aromatic heterocycles. The van der Waals surface area contributed by atoms with E-state index in [0.717, 1.165) is 25.9 Å². The summed E-state index contributed by atoms with van der Waals surface area (Å²) in [5.41, 5.74) is 0.0952. The van der Waals surface area contributed by atoms with E-state index in [1.54, 1.807) is 11.0 Å². The molecule has 280 valence electrons. The number of benzene rings is 2. The van der Waals surface area contributed by atoms with E-state index in [2.05, 4.69) is 20.5 Å². The Kier molecular flexibility index (Phi) is 12.0. The van der Waals surface area contributed by atoms with Crippen molar-refractivity contribution in [2.75, 3.05) is 64.8 Å². The molecule has 2 fully saturated rings. The van der Waals surface area contributed by atoms with Gasteiger partial charge in [0.1, 0.15) is 5.60 Å². The molecular weight excluding hydrogens is 700 g/mol. The maximum Gasteiger partial charge on any atom is 0.407 e. The van der Waals surface area contributed by atoms with Crippen LogP contribution in [0.5, 0.6) is 5.75 Å². The lowest BCUT2D eigenvalue weighted by atomic mass is 9.95. The van der Waals surface area contributed by atoms with Crippen molar-refractivity contribution in [3.05, 3.63) is 64.6 Å². The summed E-state index contributed by atoms with van der Waals surface area (Å²) >= 11 is 6.51. The molecule has 2 N–H and O–H groups in total. The second-order valence-electron chi connectivity index (χ2n) is 13.8. The number of aromatic nitrogens is 2. The summed E-state index contributed by atoms with van der Waals surface area (Å²) < 4.78 is 40.4. The average Bonchev–Trinajstić information content (AvgIpc) is 3.49. The third-order valence-electron chi connectivity index (χ3n) is 9.10. The number of alkyl carbamates (subject to hydrolysis) is 1. The SMILES string of the molecule is COc1ccc(-c2cnc(C(=O)Nc3ccc(C(=O)N4CCN(C(=O)C5CCN(CCNC(=O)OC(C)(C)C)CC5)CC4)c(Cl)c3)n2C)c(F)c1F. The van der Waals surface area contributed by atoms with Gasteiger partial charge in [-0.2, -0.15) is 4.39 Å². The van der Waals surface area contributed by atoms with Gasteiger partial charge in [-0.15, -0.1) is 0 Å². The van der Waals surface area contributed by atoms with E-state index in [1.807, 2.05) is 25.7 Å². The maximum absolute atomic E-state index is 14.7. The van der Waals surface area contributed by atoms with Crippen LogP contribution in [0.25, 0.3) is 11.3 Å². The highest BCUT2D eigenvalue weighted by Crippen LogP contribution is 2.30. The number of piperidine rings is 1. The number of hydrogen-bond donors (Lipinski definition) is 2. The molecule has 0 atom stereocenters. The van der Waals surface area contributed by atoms with Crippen molar-refractivity contribution in [2.45, 2.75) is 39.2 Å². The average molecular weight is 744 g/mol. The molecule has 3 aromatic rings. The van der Waals surface area contributed by atoms with Gasteiger partial charge in [0.2, 0.25) is 11.7 Å². The number of imidazole rings is 1. The molecule has 16 heteroatoms. The molecule has 3 heterocycles. The van der Waals surface area contributed by atoms with Crippen LogP contribution in [0.1, 0.15) is 54.6 Å². The fourth-order valence-electron chi connectivity index (χ4n) is 6.30. The third kappa shape index (κ3) is 8.99. The molecule has 4 amide bonds. The van der Waals surface area contributed by atoms with Crippen molar-refractivity contribution in [2.24, 2.45) is 13.0 Å². The minimum atomic E-state index is -1.15. The van der Waals surface area contributed by atoms with Gasteiger partial charge in [-0.25, -0.2) is 14.2 Å². The number of piperazine rings is 1. The van der Waals surface area contributed by atoms with Gasteiger partial charge in [0.15, 0.2) is 17.4 Å². The Morgan fingerprint density at radius 1 is 0.962 bits per heavy atom. The predicted octanol–water partition coefficient (Wildman–Crippen LogP) is 4.80. The quantitative estimate of drug-likeness (QED) is 0.319. The van der Waals surface area contributed by atoms with Crippen LogP contribution in [-0.4, -0.2) is 113 Å². The minimum Gasteiger partial charge on any atom is -0.494 e. The van der Waals surface area contributed by atoms with Crippen molar-refractivity contribution < 1.29 is 37.4 Å². The standard InChI is InChI=1S/C36H44ClF2N7O6/c1-36(2,3)52-35(50)40-12-15-44-13-10-22(11-14-44)33(48)45-16-18-46(19-17-45)34(49)24-7-6-23(20-26(24)37)42-32(47)31-41-21-27(43(31)4)25-8-9-28(51-5)30(39)29(25)38/h6-9,20-22H,10-19H2,1-5H3,(H,40,50)(H,42,47). The maximum atomic E-state index is 14.7. The lowest BCUT2D eigenvalue weighted by Gasteiger charge is -2.38. The molecule has 52 heavy (non-hydrogen) atoms. The number of carbonyl (C=O) groups excluding carboxylic acids is 4. The van der Waals surface area contributed by atoms with Gasteiger partial charge in [0, 0.05) is 63.5 Å². The number of hydrogen-bond acceptors (Lipinski definition) is 8. The first kappa shape index (κ1) is 38.5. The van der Waals surface area contributed by atoms with Crippen molar-refractivity contribution in [3.63, 3.8) is 0 Å². The molecule has 5 rings (SSSR count). The number of methoxy groups -OCH3 is 1. The lowest BCUT2D eigenvalue weighted by Crippen LogP contribution is -2.53. The summed E-state index contributed by atoms with van der Waals surface area (Å²) in [6.07, 6.45) is 2.28. The second-order valence-corrected chi connectivity index (χ2v) is 14.2. The normalized spacial score (nSPS) is 15.7. The van der Waals surface area contributed by atoms with E-state index in [4.69, 9.17) is 21.1 Å². The number of amides is 4. The first-order valence-corrected chi connectivity index (χ1v) is 17.5. The molecule has 0 radical (unpaired) electrons. The Balaban J connectivity index is 1.09. The van der Waals surface area contributed by atoms with Crippen LogP contribution in [0.3, 0.4) is 0 Å². The number of nitrogens with one attached hydrogen (secondary N) is 2. The fraction of sp³-hybridized carbons (Fsp3) is 0.472. The van der Waals surface area contributed by atoms with Gasteiger partial charge in [0.05, 0.1) is 29.6 Å². The Hall–Kier alpha value is -4.76. The molecule has 0 aliphatic carbocycles. The van der Waals surface area contributed by atoms with Gasteiger partial charge in [-0.3, -0.25) is 14.4 Å². The zero-order valence-electron chi connectivity index (χ0n) is 29.9. The minimum absolute atomic E-state index is 0.0625. The van der Waals surface area contributed by atoms with Crippen LogP contribution in [0.2, 0.25) is 5.02 Å². The number of nitrogens with zero attached hydrogens (tertiary/aromatic N) is 5. The van der Waals surface area contributed by atoms with E-state index >= 15 is 0 Å². The molecule has 2 aromatic carbocycles. The van der Waals surface area contributed by atoms with Crippen LogP contribution in [0.15, 0.2) is 36.5 Å². The van der Waals surface area contributed by atoms with Gasteiger partial charge in [-0.05, 0) is 77.0 Å². The van der Waals surface area contributed by atoms with Crippen LogP contribution < -0.4 is 15.4 Å². The smallest absolute Gasteiger partial charge is 0.407 e. The lowest BCUT2D eigenvalue weighted by molar-refractivity contribution is -0.138. The first-order chi connectivity index (χ1) is 24.7. The zero-order valence-corrected chi connectivity index (χ0v) is 30.7. The van der Waals surface area contributed by atoms with Crippen LogP contribution in [0.4, 0.5) is 19.3 Å². The van der Waals surface area contributed by atoms with E-state index in [9.17, 15) is 28.0 Å². The molecule has 2 saturated heterocycles. The Morgan fingerprint density at radius 3 is 2.27 bits per heavy atom. The number of rotatable bonds is 9. The number of halogens is 3. The topological polar surface area (TPSA) is 138 Å². The zero-order chi connectivity index (χ0) is 37.7. The molecular formula is C36H44ClF2N7O6. The summed E-state index contributed by atoms with van der Waals surface area (Å²) in [5.74, 6) is -3.49. The molecule has 0 saturated carbocycles. The van der Waals surface area contributed by atoms with E-state index in [1.165, 1.54) is 49.2 Å². The molecule has 0 spiro atoms. The summed E-state index contributed by atoms with van der Waals surface area (Å²) in [6.45, 7) is 9.64. The van der Waals surface area contributed by atoms with Gasteiger partial charge < -0.3 is 39.4 Å². The van der Waals surface area contributed by atoms with Crippen LogP contribution in [-0.2, 0) is 16.6 Å². The highest BCUT2D eigenvalue weighted by molar-refractivity contribution is 6.34. The number of likely N-dealkylation sites (tertiary alicyclic amines) is 1. The van der Waals surface area contributed by atoms with Crippen LogP contribution in [0, 0.1) is 17.6 Å². The summed E-state index contributed by atoms with van der Waals surface area (Å²) in [7, 11) is 2.73. The molecule has 2 aliphatic rings. The van der Waals surface area contributed by atoms with E-state index < -0.39 is 29.2 Å². The van der Waals surface area contributed by atoms with E-state index in [-0.39, 0.29) is 51.1 Å². The molecule has 13 nitrogen and oxygen atoms in total. The largest absolute Gasteiger partial charge is 0.494 e. The summed E-state index contributed by atoms with van der Waals surface area (Å²) in [5, 5.41) is 5.58. The summed E-state index contributed by atoms with van der Waals surface area (Å²) in [4.78, 5) is 61.4. The highest BCUT2D eigenvalue weighted by atomic mass is 35.5. The molecule has 0 unspecified atom stereocenters. The van der Waals surface area contributed by atoms with Gasteiger partial charge in [0.25, 0.3) is 11.8 Å². The third-order valence-corrected chi connectivity index (χ3v) is 9.42. The Bertz CT molecular complexity index is 1810. The fourth-order valence-corrected chi connectivity index (χ4v) is 6.56. The van der Waals surface area contributed by atoms with Crippen molar-refractivity contribution in [1.82, 2.24) is 29.6 Å². The number of ether oxygens (including phenoxy) is 2. The molecule has 0 bridgehead atoms. The summed E-state index contributed by atoms with van der Waals surface area (Å²) in [6, 6.07) is 7.14.